The number of aliphatic hydroxyl groups is 2. The summed E-state index contributed by atoms with van der Waals surface area (Å²) in [4.78, 5) is 0. The average molecular weight is 266 g/mol. The molecule has 1 aliphatic rings. The molecule has 1 aliphatic carbocycles. The van der Waals surface area contributed by atoms with Crippen molar-refractivity contribution in [2.75, 3.05) is 7.11 Å². The van der Waals surface area contributed by atoms with Crippen molar-refractivity contribution in [2.45, 2.75) is 50.9 Å². The SMILES string of the molecule is COc1ccc(OC2CCCCCC2O)c(CO)c1. The molecule has 0 radical (unpaired) electrons. The summed E-state index contributed by atoms with van der Waals surface area (Å²) >= 11 is 0. The zero-order valence-corrected chi connectivity index (χ0v) is 11.3. The fourth-order valence-electron chi connectivity index (χ4n) is 2.48. The molecule has 2 atom stereocenters. The Morgan fingerprint density at radius 3 is 2.74 bits per heavy atom. The Morgan fingerprint density at radius 1 is 1.21 bits per heavy atom. The van der Waals surface area contributed by atoms with Crippen molar-refractivity contribution in [3.63, 3.8) is 0 Å². The van der Waals surface area contributed by atoms with E-state index in [0.717, 1.165) is 32.1 Å². The molecule has 2 rings (SSSR count). The van der Waals surface area contributed by atoms with E-state index in [0.29, 0.717) is 17.1 Å². The van der Waals surface area contributed by atoms with Gasteiger partial charge in [-0.2, -0.15) is 0 Å². The molecule has 1 aromatic rings. The van der Waals surface area contributed by atoms with Gasteiger partial charge in [0.1, 0.15) is 17.6 Å². The van der Waals surface area contributed by atoms with Crippen molar-refractivity contribution in [1.29, 1.82) is 0 Å². The van der Waals surface area contributed by atoms with Crippen LogP contribution in [0.15, 0.2) is 18.2 Å². The highest BCUT2D eigenvalue weighted by molar-refractivity contribution is 5.40. The Bertz CT molecular complexity index is 405. The lowest BCUT2D eigenvalue weighted by Gasteiger charge is -2.23. The van der Waals surface area contributed by atoms with E-state index < -0.39 is 6.10 Å². The molecule has 0 spiro atoms. The highest BCUT2D eigenvalue weighted by Crippen LogP contribution is 2.28. The van der Waals surface area contributed by atoms with Gasteiger partial charge in [0.15, 0.2) is 0 Å². The van der Waals surface area contributed by atoms with E-state index in [1.54, 1.807) is 25.3 Å². The van der Waals surface area contributed by atoms with E-state index in [1.807, 2.05) is 0 Å². The van der Waals surface area contributed by atoms with E-state index >= 15 is 0 Å². The first kappa shape index (κ1) is 14.2. The van der Waals surface area contributed by atoms with Crippen molar-refractivity contribution in [3.05, 3.63) is 23.8 Å². The van der Waals surface area contributed by atoms with Crippen molar-refractivity contribution >= 4 is 0 Å². The lowest BCUT2D eigenvalue weighted by molar-refractivity contribution is 0.0307. The van der Waals surface area contributed by atoms with Crippen LogP contribution in [0, 0.1) is 0 Å². The summed E-state index contributed by atoms with van der Waals surface area (Å²) < 4.78 is 11.0. The van der Waals surface area contributed by atoms with Crippen LogP contribution in [0.25, 0.3) is 0 Å². The molecule has 19 heavy (non-hydrogen) atoms. The predicted molar refractivity (Wildman–Crippen MR) is 72.4 cm³/mol. The average Bonchev–Trinajstić information content (AvgIpc) is 2.64. The zero-order valence-electron chi connectivity index (χ0n) is 11.3. The number of hydrogen-bond donors (Lipinski definition) is 2. The lowest BCUT2D eigenvalue weighted by Crippen LogP contribution is -2.30. The van der Waals surface area contributed by atoms with Crippen LogP contribution in [0.4, 0.5) is 0 Å². The molecule has 0 amide bonds. The minimum absolute atomic E-state index is 0.102. The molecule has 0 heterocycles. The number of ether oxygens (including phenoxy) is 2. The summed E-state index contributed by atoms with van der Waals surface area (Å²) in [5.74, 6) is 1.33. The molecule has 0 aromatic heterocycles. The maximum atomic E-state index is 10.1. The van der Waals surface area contributed by atoms with Gasteiger partial charge < -0.3 is 19.7 Å². The minimum Gasteiger partial charge on any atom is -0.497 e. The third-order valence-corrected chi connectivity index (χ3v) is 3.63. The maximum absolute atomic E-state index is 10.1. The highest BCUT2D eigenvalue weighted by Gasteiger charge is 2.24. The summed E-state index contributed by atoms with van der Waals surface area (Å²) in [5, 5.41) is 19.5. The second-order valence-electron chi connectivity index (χ2n) is 4.99. The normalized spacial score (nSPS) is 23.7. The van der Waals surface area contributed by atoms with Crippen LogP contribution in [0.1, 0.15) is 37.7 Å². The quantitative estimate of drug-likeness (QED) is 0.821. The number of aliphatic hydroxyl groups excluding tert-OH is 2. The van der Waals surface area contributed by atoms with Crippen LogP contribution in [-0.2, 0) is 6.61 Å². The van der Waals surface area contributed by atoms with Gasteiger partial charge in [-0.1, -0.05) is 12.8 Å². The van der Waals surface area contributed by atoms with E-state index in [9.17, 15) is 10.2 Å². The van der Waals surface area contributed by atoms with Crippen molar-refractivity contribution < 1.29 is 19.7 Å². The first-order valence-electron chi connectivity index (χ1n) is 6.87. The van der Waals surface area contributed by atoms with Crippen molar-refractivity contribution in [1.82, 2.24) is 0 Å². The molecule has 2 unspecified atom stereocenters. The molecule has 4 heteroatoms. The first-order valence-corrected chi connectivity index (χ1v) is 6.87. The van der Waals surface area contributed by atoms with Crippen molar-refractivity contribution in [3.8, 4) is 11.5 Å². The largest absolute Gasteiger partial charge is 0.497 e. The standard InChI is InChI=1S/C15H22O4/c1-18-12-7-8-14(11(9-12)10-16)19-15-6-4-2-3-5-13(15)17/h7-9,13,15-17H,2-6,10H2,1H3. The van der Waals surface area contributed by atoms with Crippen LogP contribution in [-0.4, -0.2) is 29.5 Å². The summed E-state index contributed by atoms with van der Waals surface area (Å²) in [7, 11) is 1.59. The van der Waals surface area contributed by atoms with E-state index in [1.165, 1.54) is 0 Å². The molecule has 0 bridgehead atoms. The minimum atomic E-state index is -0.420. The molecular formula is C15H22O4. The third kappa shape index (κ3) is 3.61. The molecular weight excluding hydrogens is 244 g/mol. The smallest absolute Gasteiger partial charge is 0.125 e. The van der Waals surface area contributed by atoms with Gasteiger partial charge in [0.05, 0.1) is 19.8 Å². The molecule has 2 N–H and O–H groups in total. The Kier molecular flexibility index (Phi) is 5.05. The van der Waals surface area contributed by atoms with Gasteiger partial charge in [0.2, 0.25) is 0 Å². The lowest BCUT2D eigenvalue weighted by atomic mass is 10.1. The Labute approximate surface area is 114 Å². The highest BCUT2D eigenvalue weighted by atomic mass is 16.5. The molecule has 0 aliphatic heterocycles. The predicted octanol–water partition coefficient (Wildman–Crippen LogP) is 2.26. The van der Waals surface area contributed by atoms with Gasteiger partial charge in [-0.25, -0.2) is 0 Å². The molecule has 106 valence electrons. The van der Waals surface area contributed by atoms with Crippen molar-refractivity contribution in [2.24, 2.45) is 0 Å². The fraction of sp³-hybridized carbons (Fsp3) is 0.600. The summed E-state index contributed by atoms with van der Waals surface area (Å²) in [6.45, 7) is -0.102. The van der Waals surface area contributed by atoms with Crippen LogP contribution in [0.3, 0.4) is 0 Å². The van der Waals surface area contributed by atoms with Gasteiger partial charge in [-0.05, 0) is 37.5 Å². The van der Waals surface area contributed by atoms with Gasteiger partial charge in [0, 0.05) is 5.56 Å². The molecule has 0 saturated heterocycles. The third-order valence-electron chi connectivity index (χ3n) is 3.63. The van der Waals surface area contributed by atoms with E-state index in [2.05, 4.69) is 0 Å². The summed E-state index contributed by atoms with van der Waals surface area (Å²) in [5.41, 5.74) is 0.691. The maximum Gasteiger partial charge on any atom is 0.125 e. The fourth-order valence-corrected chi connectivity index (χ4v) is 2.48. The van der Waals surface area contributed by atoms with E-state index in [-0.39, 0.29) is 12.7 Å². The number of benzene rings is 1. The van der Waals surface area contributed by atoms with E-state index in [4.69, 9.17) is 9.47 Å². The summed E-state index contributed by atoms with van der Waals surface area (Å²) in [6.07, 6.45) is 4.32. The monoisotopic (exact) mass is 266 g/mol. The molecule has 1 saturated carbocycles. The zero-order chi connectivity index (χ0) is 13.7. The van der Waals surface area contributed by atoms with Crippen LogP contribution >= 0.6 is 0 Å². The number of hydrogen-bond acceptors (Lipinski definition) is 4. The summed E-state index contributed by atoms with van der Waals surface area (Å²) in [6, 6.07) is 5.36. The molecule has 4 nitrogen and oxygen atoms in total. The molecule has 1 aromatic carbocycles. The second-order valence-corrected chi connectivity index (χ2v) is 4.99. The number of rotatable bonds is 4. The van der Waals surface area contributed by atoms with Gasteiger partial charge >= 0.3 is 0 Å². The Morgan fingerprint density at radius 2 is 2.00 bits per heavy atom. The Hall–Kier alpha value is -1.26. The number of methoxy groups -OCH3 is 1. The van der Waals surface area contributed by atoms with Crippen LogP contribution in [0.2, 0.25) is 0 Å². The first-order chi connectivity index (χ1) is 9.24. The van der Waals surface area contributed by atoms with Gasteiger partial charge in [0.25, 0.3) is 0 Å². The van der Waals surface area contributed by atoms with Crippen LogP contribution in [0.5, 0.6) is 11.5 Å². The van der Waals surface area contributed by atoms with Gasteiger partial charge in [-0.3, -0.25) is 0 Å². The van der Waals surface area contributed by atoms with Crippen LogP contribution < -0.4 is 9.47 Å². The molecule has 1 fully saturated rings. The topological polar surface area (TPSA) is 58.9 Å². The second kappa shape index (κ2) is 6.78. The Balaban J connectivity index is 2.12. The van der Waals surface area contributed by atoms with Gasteiger partial charge in [-0.15, -0.1) is 0 Å².